The van der Waals surface area contributed by atoms with Gasteiger partial charge in [0.05, 0.1) is 22.5 Å². The number of aromatic nitrogens is 2. The van der Waals surface area contributed by atoms with Crippen LogP contribution in [0.1, 0.15) is 35.2 Å². The fourth-order valence-corrected chi connectivity index (χ4v) is 4.74. The normalized spacial score (nSPS) is 17.9. The van der Waals surface area contributed by atoms with Gasteiger partial charge >= 0.3 is 12.1 Å². The number of hydrogen-bond donors (Lipinski definition) is 3. The van der Waals surface area contributed by atoms with Gasteiger partial charge < -0.3 is 15.4 Å². The minimum absolute atomic E-state index is 0.126. The molecule has 0 aliphatic heterocycles. The first-order chi connectivity index (χ1) is 17.2. The summed E-state index contributed by atoms with van der Waals surface area (Å²) < 4.78 is 38.8. The molecular formula is C27H22F3N3O3. The highest BCUT2D eigenvalue weighted by Gasteiger charge is 2.38. The number of halogens is 3. The van der Waals surface area contributed by atoms with E-state index in [0.717, 1.165) is 29.7 Å². The average Bonchev–Trinajstić information content (AvgIpc) is 3.50. The number of benzene rings is 3. The standard InChI is InChI=1S/C27H22F3N3O3/c28-27(29,30)18-10-13-22-23(14-18)33-26(32-22)31-19-11-8-16(9-12-19)15-4-6-17(7-5-15)24(34)20-2-1-3-21(20)25(35)36/h4-14,20-21H,1-3H2,(H,35,36)(H2,31,32,33)/t20-,21-/m1/s1. The quantitative estimate of drug-likeness (QED) is 0.261. The first kappa shape index (κ1) is 23.6. The van der Waals surface area contributed by atoms with Crippen LogP contribution in [0.4, 0.5) is 24.8 Å². The molecule has 0 radical (unpaired) electrons. The monoisotopic (exact) mass is 493 g/mol. The van der Waals surface area contributed by atoms with Crippen molar-refractivity contribution in [3.8, 4) is 11.1 Å². The van der Waals surface area contributed by atoms with Gasteiger partial charge in [-0.05, 0) is 54.3 Å². The number of imidazole rings is 1. The molecule has 6 nitrogen and oxygen atoms in total. The Bertz CT molecular complexity index is 1430. The Hall–Kier alpha value is -4.14. The van der Waals surface area contributed by atoms with E-state index in [1.54, 1.807) is 12.1 Å². The molecule has 1 fully saturated rings. The molecule has 9 heteroatoms. The number of anilines is 2. The summed E-state index contributed by atoms with van der Waals surface area (Å²) in [6, 6.07) is 17.9. The number of carbonyl (C=O) groups is 2. The number of hydrogen-bond acceptors (Lipinski definition) is 4. The third kappa shape index (κ3) is 4.68. The van der Waals surface area contributed by atoms with Crippen LogP contribution in [0.25, 0.3) is 22.2 Å². The van der Waals surface area contributed by atoms with Gasteiger partial charge in [-0.2, -0.15) is 13.2 Å². The number of carboxylic acid groups (broad SMARTS) is 1. The van der Waals surface area contributed by atoms with E-state index < -0.39 is 29.5 Å². The molecule has 1 heterocycles. The molecule has 0 amide bonds. The van der Waals surface area contributed by atoms with Gasteiger partial charge in [0.1, 0.15) is 0 Å². The highest BCUT2D eigenvalue weighted by molar-refractivity contribution is 6.00. The number of fused-ring (bicyclic) bond motifs is 1. The maximum atomic E-state index is 12.9. The minimum atomic E-state index is -4.42. The number of rotatable bonds is 6. The number of aliphatic carboxylic acids is 1. The average molecular weight is 493 g/mol. The Kier molecular flexibility index (Phi) is 5.99. The molecule has 0 saturated heterocycles. The predicted octanol–water partition coefficient (Wildman–Crippen LogP) is 6.68. The Morgan fingerprint density at radius 2 is 1.56 bits per heavy atom. The van der Waals surface area contributed by atoms with Crippen molar-refractivity contribution < 1.29 is 27.9 Å². The van der Waals surface area contributed by atoms with Gasteiger partial charge in [-0.25, -0.2) is 4.98 Å². The van der Waals surface area contributed by atoms with Crippen molar-refractivity contribution in [1.82, 2.24) is 9.97 Å². The molecule has 1 aromatic heterocycles. The predicted molar refractivity (Wildman–Crippen MR) is 129 cm³/mol. The Labute approximate surface area is 204 Å². The SMILES string of the molecule is O=C(O)[C@@H]1CCC[C@H]1C(=O)c1ccc(-c2ccc(Nc3nc4ccc(C(F)(F)F)cc4[nH]3)cc2)cc1. The summed E-state index contributed by atoms with van der Waals surface area (Å²) in [5, 5.41) is 12.4. The number of alkyl halides is 3. The van der Waals surface area contributed by atoms with Crippen LogP contribution >= 0.6 is 0 Å². The molecule has 3 N–H and O–H groups in total. The summed E-state index contributed by atoms with van der Waals surface area (Å²) in [7, 11) is 0. The zero-order valence-corrected chi connectivity index (χ0v) is 19.0. The van der Waals surface area contributed by atoms with Crippen LogP contribution in [0.5, 0.6) is 0 Å². The molecule has 5 rings (SSSR count). The van der Waals surface area contributed by atoms with Crippen molar-refractivity contribution in [3.05, 3.63) is 77.9 Å². The van der Waals surface area contributed by atoms with E-state index >= 15 is 0 Å². The van der Waals surface area contributed by atoms with Gasteiger partial charge in [-0.1, -0.05) is 42.8 Å². The number of H-pyrrole nitrogens is 1. The zero-order valence-electron chi connectivity index (χ0n) is 19.0. The molecule has 0 unspecified atom stereocenters. The molecule has 1 aliphatic rings. The van der Waals surface area contributed by atoms with Gasteiger partial charge in [0, 0.05) is 17.2 Å². The van der Waals surface area contributed by atoms with E-state index in [0.29, 0.717) is 35.6 Å². The molecule has 36 heavy (non-hydrogen) atoms. The second-order valence-electron chi connectivity index (χ2n) is 8.94. The van der Waals surface area contributed by atoms with E-state index in [9.17, 15) is 27.9 Å². The lowest BCUT2D eigenvalue weighted by Gasteiger charge is -2.14. The summed E-state index contributed by atoms with van der Waals surface area (Å²) in [6.07, 6.45) is -2.55. The largest absolute Gasteiger partial charge is 0.481 e. The zero-order chi connectivity index (χ0) is 25.4. The fraction of sp³-hybridized carbons (Fsp3) is 0.222. The summed E-state index contributed by atoms with van der Waals surface area (Å²) in [6.45, 7) is 0. The fourth-order valence-electron chi connectivity index (χ4n) is 4.74. The van der Waals surface area contributed by atoms with Crippen molar-refractivity contribution in [2.45, 2.75) is 25.4 Å². The Morgan fingerprint density at radius 1 is 0.917 bits per heavy atom. The molecule has 3 aromatic carbocycles. The van der Waals surface area contributed by atoms with E-state index in [2.05, 4.69) is 15.3 Å². The van der Waals surface area contributed by atoms with Crippen molar-refractivity contribution in [2.75, 3.05) is 5.32 Å². The molecule has 0 bridgehead atoms. The molecule has 1 saturated carbocycles. The van der Waals surface area contributed by atoms with Crippen LogP contribution in [0, 0.1) is 11.8 Å². The van der Waals surface area contributed by atoms with Crippen molar-refractivity contribution in [2.24, 2.45) is 11.8 Å². The smallest absolute Gasteiger partial charge is 0.416 e. The second kappa shape index (κ2) is 9.14. The summed E-state index contributed by atoms with van der Waals surface area (Å²) in [5.74, 6) is -1.80. The number of Topliss-reactive ketones (excluding diaryl/α,β-unsaturated/α-hetero) is 1. The topological polar surface area (TPSA) is 95.1 Å². The number of carboxylic acids is 1. The number of aromatic amines is 1. The number of ketones is 1. The molecule has 1 aliphatic carbocycles. The lowest BCUT2D eigenvalue weighted by Crippen LogP contribution is -2.25. The Balaban J connectivity index is 1.28. The maximum absolute atomic E-state index is 12.9. The van der Waals surface area contributed by atoms with Crippen LogP contribution in [0.15, 0.2) is 66.7 Å². The maximum Gasteiger partial charge on any atom is 0.416 e. The molecule has 0 spiro atoms. The lowest BCUT2D eigenvalue weighted by molar-refractivity contribution is -0.142. The van der Waals surface area contributed by atoms with E-state index in [4.69, 9.17) is 0 Å². The first-order valence-corrected chi connectivity index (χ1v) is 11.5. The molecular weight excluding hydrogens is 471 g/mol. The lowest BCUT2D eigenvalue weighted by atomic mass is 9.88. The van der Waals surface area contributed by atoms with Crippen molar-refractivity contribution in [3.63, 3.8) is 0 Å². The summed E-state index contributed by atoms with van der Waals surface area (Å²) in [5.41, 5.74) is 2.96. The molecule has 4 aromatic rings. The van der Waals surface area contributed by atoms with E-state index in [1.807, 2.05) is 36.4 Å². The molecule has 184 valence electrons. The highest BCUT2D eigenvalue weighted by Crippen LogP contribution is 2.35. The van der Waals surface area contributed by atoms with Gasteiger partial charge in [0.25, 0.3) is 0 Å². The summed E-state index contributed by atoms with van der Waals surface area (Å²) in [4.78, 5) is 31.4. The molecule has 2 atom stereocenters. The van der Waals surface area contributed by atoms with E-state index in [1.165, 1.54) is 6.07 Å². The van der Waals surface area contributed by atoms with Crippen molar-refractivity contribution in [1.29, 1.82) is 0 Å². The van der Waals surface area contributed by atoms with Crippen LogP contribution < -0.4 is 5.32 Å². The van der Waals surface area contributed by atoms with Crippen LogP contribution in [0.3, 0.4) is 0 Å². The third-order valence-electron chi connectivity index (χ3n) is 6.63. The van der Waals surface area contributed by atoms with Crippen LogP contribution in [0.2, 0.25) is 0 Å². The minimum Gasteiger partial charge on any atom is -0.481 e. The second-order valence-corrected chi connectivity index (χ2v) is 8.94. The van der Waals surface area contributed by atoms with Crippen molar-refractivity contribution >= 4 is 34.4 Å². The van der Waals surface area contributed by atoms with Crippen LogP contribution in [-0.4, -0.2) is 26.8 Å². The number of nitrogens with one attached hydrogen (secondary N) is 2. The van der Waals surface area contributed by atoms with Gasteiger partial charge in [0.2, 0.25) is 5.95 Å². The van der Waals surface area contributed by atoms with Gasteiger partial charge in [0.15, 0.2) is 5.78 Å². The van der Waals surface area contributed by atoms with E-state index in [-0.39, 0.29) is 11.3 Å². The Morgan fingerprint density at radius 3 is 2.19 bits per heavy atom. The van der Waals surface area contributed by atoms with Crippen LogP contribution in [-0.2, 0) is 11.0 Å². The first-order valence-electron chi connectivity index (χ1n) is 11.5. The highest BCUT2D eigenvalue weighted by atomic mass is 19.4. The third-order valence-corrected chi connectivity index (χ3v) is 6.63. The number of nitrogens with zero attached hydrogens (tertiary/aromatic N) is 1. The summed E-state index contributed by atoms with van der Waals surface area (Å²) >= 11 is 0. The number of carbonyl (C=O) groups excluding carboxylic acids is 1. The van der Waals surface area contributed by atoms with Gasteiger partial charge in [-0.3, -0.25) is 9.59 Å². The van der Waals surface area contributed by atoms with Gasteiger partial charge in [-0.15, -0.1) is 0 Å².